The summed E-state index contributed by atoms with van der Waals surface area (Å²) in [7, 11) is 1.67. The minimum absolute atomic E-state index is 0. The lowest BCUT2D eigenvalue weighted by Crippen LogP contribution is -2.71. The molecule has 1 saturated heterocycles. The highest BCUT2D eigenvalue weighted by Gasteiger charge is 2.54. The smallest absolute Gasteiger partial charge is 0.352 e. The van der Waals surface area contributed by atoms with Crippen molar-refractivity contribution in [3.8, 4) is 0 Å². The Kier molecular flexibility index (Phi) is 10.9. The standard InChI is InChI=1S/C17H20N10O5S3.2ClH/c1-26-17(22-24-25-26)35-5-7-4-33-14-10(13(29)27(14)11(7)15(30)31)21-12(28)9(23-32-3-2-18)8-6-34-16(19)20-8;;/h6,10,14H,2-5,18H2,1H3,(H2,19,20)(H,21,28)(H,30,31);2*1H/b23-9-;;/t10?,14-;;/m1../s1. The summed E-state index contributed by atoms with van der Waals surface area (Å²) in [6, 6.07) is -0.949. The predicted octanol–water partition coefficient (Wildman–Crippen LogP) is -0.697. The number of nitrogens with two attached hydrogens (primary N) is 2. The molecule has 6 N–H and O–H groups in total. The Morgan fingerprint density at radius 2 is 2.16 bits per heavy atom. The molecule has 4 rings (SSSR count). The molecule has 20 heteroatoms. The Morgan fingerprint density at radius 1 is 1.41 bits per heavy atom. The van der Waals surface area contributed by atoms with Crippen LogP contribution in [-0.4, -0.2) is 94.8 Å². The van der Waals surface area contributed by atoms with Gasteiger partial charge in [-0.15, -0.1) is 53.0 Å². The fourth-order valence-corrected chi connectivity index (χ4v) is 6.15. The van der Waals surface area contributed by atoms with Crippen molar-refractivity contribution in [3.63, 3.8) is 0 Å². The summed E-state index contributed by atoms with van der Waals surface area (Å²) in [5, 5.41) is 29.1. The molecule has 2 aliphatic rings. The third kappa shape index (κ3) is 6.44. The number of carbonyl (C=O) groups excluding carboxylic acids is 2. The van der Waals surface area contributed by atoms with Crippen molar-refractivity contribution in [1.82, 2.24) is 35.4 Å². The predicted molar refractivity (Wildman–Crippen MR) is 142 cm³/mol. The van der Waals surface area contributed by atoms with E-state index in [2.05, 4.69) is 31.0 Å². The summed E-state index contributed by atoms with van der Waals surface area (Å²) in [4.78, 5) is 48.2. The molecule has 202 valence electrons. The summed E-state index contributed by atoms with van der Waals surface area (Å²) < 4.78 is 1.47. The van der Waals surface area contributed by atoms with Crippen LogP contribution in [0, 0.1) is 0 Å². The molecule has 2 atom stereocenters. The molecule has 4 heterocycles. The number of aryl methyl sites for hydroxylation is 1. The highest BCUT2D eigenvalue weighted by atomic mass is 35.5. The number of fused-ring (bicyclic) bond motifs is 1. The monoisotopic (exact) mass is 612 g/mol. The van der Waals surface area contributed by atoms with Gasteiger partial charge in [-0.25, -0.2) is 14.5 Å². The molecule has 1 fully saturated rings. The lowest BCUT2D eigenvalue weighted by molar-refractivity contribution is -0.150. The number of amides is 2. The molecule has 2 aliphatic heterocycles. The number of aliphatic carboxylic acids is 1. The maximum absolute atomic E-state index is 13.0. The number of thiazole rings is 1. The molecule has 0 spiro atoms. The van der Waals surface area contributed by atoms with Crippen LogP contribution in [0.4, 0.5) is 5.13 Å². The van der Waals surface area contributed by atoms with Crippen molar-refractivity contribution in [2.24, 2.45) is 17.9 Å². The topological polar surface area (TPSA) is 217 Å². The second-order valence-corrected chi connectivity index (χ2v) is 10.1. The van der Waals surface area contributed by atoms with Gasteiger partial charge in [0.15, 0.2) is 10.8 Å². The quantitative estimate of drug-likeness (QED) is 0.0858. The number of hydrogen-bond acceptors (Lipinski definition) is 14. The number of tetrazole rings is 1. The van der Waals surface area contributed by atoms with Crippen molar-refractivity contribution >= 4 is 88.3 Å². The van der Waals surface area contributed by atoms with E-state index in [0.717, 1.165) is 11.3 Å². The highest BCUT2D eigenvalue weighted by molar-refractivity contribution is 8.01. The van der Waals surface area contributed by atoms with E-state index in [0.29, 0.717) is 16.5 Å². The number of carboxylic acid groups (broad SMARTS) is 1. The number of anilines is 1. The van der Waals surface area contributed by atoms with Crippen LogP contribution >= 0.6 is 59.7 Å². The molecular formula is C17H22Cl2N10O5S3. The van der Waals surface area contributed by atoms with Crippen molar-refractivity contribution < 1.29 is 24.3 Å². The van der Waals surface area contributed by atoms with E-state index in [1.807, 2.05) is 0 Å². The normalized spacial score (nSPS) is 18.8. The second kappa shape index (κ2) is 13.2. The summed E-state index contributed by atoms with van der Waals surface area (Å²) in [6.07, 6.45) is 0. The average Bonchev–Trinajstić information content (AvgIpc) is 3.45. The van der Waals surface area contributed by atoms with Crippen molar-refractivity contribution in [2.45, 2.75) is 16.6 Å². The third-order valence-electron chi connectivity index (χ3n) is 4.84. The first kappa shape index (κ1) is 30.6. The van der Waals surface area contributed by atoms with Gasteiger partial charge in [0.2, 0.25) is 5.16 Å². The maximum Gasteiger partial charge on any atom is 0.352 e. The molecule has 1 unspecified atom stereocenters. The molecule has 2 amide bonds. The Bertz CT molecular complexity index is 1220. The number of oxime groups is 1. The molecule has 0 aromatic carbocycles. The van der Waals surface area contributed by atoms with Crippen molar-refractivity contribution in [1.29, 1.82) is 0 Å². The number of nitrogens with one attached hydrogen (secondary N) is 1. The van der Waals surface area contributed by atoms with Crippen molar-refractivity contribution in [2.75, 3.05) is 30.4 Å². The average molecular weight is 614 g/mol. The van der Waals surface area contributed by atoms with E-state index in [-0.39, 0.29) is 66.0 Å². The second-order valence-electron chi connectivity index (χ2n) is 7.12. The van der Waals surface area contributed by atoms with E-state index in [9.17, 15) is 19.5 Å². The third-order valence-corrected chi connectivity index (χ3v) is 7.95. The summed E-state index contributed by atoms with van der Waals surface area (Å²) in [5.74, 6) is -1.84. The highest BCUT2D eigenvalue weighted by Crippen LogP contribution is 2.41. The van der Waals surface area contributed by atoms with Crippen LogP contribution < -0.4 is 16.8 Å². The van der Waals surface area contributed by atoms with Crippen LogP contribution in [0.3, 0.4) is 0 Å². The van der Waals surface area contributed by atoms with Crippen LogP contribution in [0.25, 0.3) is 0 Å². The van der Waals surface area contributed by atoms with Gasteiger partial charge in [0.1, 0.15) is 29.4 Å². The zero-order chi connectivity index (χ0) is 25.1. The van der Waals surface area contributed by atoms with Crippen molar-refractivity contribution in [3.05, 3.63) is 22.3 Å². The Hall–Kier alpha value is -2.64. The number of hydrogen-bond donors (Lipinski definition) is 4. The lowest BCUT2D eigenvalue weighted by atomic mass is 10.0. The fraction of sp³-hybridized carbons (Fsp3) is 0.412. The first-order valence-corrected chi connectivity index (χ1v) is 12.9. The fourth-order valence-electron chi connectivity index (χ4n) is 3.26. The van der Waals surface area contributed by atoms with E-state index in [4.69, 9.17) is 16.3 Å². The molecule has 37 heavy (non-hydrogen) atoms. The first-order chi connectivity index (χ1) is 16.8. The molecular weight excluding hydrogens is 591 g/mol. The number of β-lactam (4-membered cyclic amide) rings is 1. The molecule has 0 bridgehead atoms. The summed E-state index contributed by atoms with van der Waals surface area (Å²) >= 11 is 3.73. The molecule has 15 nitrogen and oxygen atoms in total. The zero-order valence-corrected chi connectivity index (χ0v) is 23.0. The summed E-state index contributed by atoms with van der Waals surface area (Å²) in [5.41, 5.74) is 11.5. The van der Waals surface area contributed by atoms with Crippen LogP contribution in [0.5, 0.6) is 0 Å². The minimum Gasteiger partial charge on any atom is -0.477 e. The maximum atomic E-state index is 13.0. The zero-order valence-electron chi connectivity index (χ0n) is 19.0. The van der Waals surface area contributed by atoms with Gasteiger partial charge in [0.25, 0.3) is 11.8 Å². The van der Waals surface area contributed by atoms with Gasteiger partial charge in [-0.3, -0.25) is 14.5 Å². The largest absolute Gasteiger partial charge is 0.477 e. The van der Waals surface area contributed by atoms with Gasteiger partial charge < -0.3 is 26.7 Å². The molecule has 2 aromatic rings. The molecule has 2 aromatic heterocycles. The number of nitrogen functional groups attached to an aromatic ring is 1. The molecule has 0 aliphatic carbocycles. The van der Waals surface area contributed by atoms with Crippen LogP contribution in [0.1, 0.15) is 5.69 Å². The van der Waals surface area contributed by atoms with E-state index < -0.39 is 29.2 Å². The Labute approximate surface area is 234 Å². The van der Waals surface area contributed by atoms with Gasteiger partial charge in [0.05, 0.1) is 0 Å². The Balaban J connectivity index is 0.00000241. The number of carbonyl (C=O) groups is 3. The number of halogens is 2. The number of carboxylic acids is 1. The van der Waals surface area contributed by atoms with E-state index in [1.165, 1.54) is 38.5 Å². The van der Waals surface area contributed by atoms with Gasteiger partial charge in [-0.2, -0.15) is 0 Å². The molecule has 0 radical (unpaired) electrons. The number of nitrogens with zero attached hydrogens (tertiary/aromatic N) is 7. The van der Waals surface area contributed by atoms with Gasteiger partial charge >= 0.3 is 5.97 Å². The first-order valence-electron chi connectivity index (χ1n) is 9.99. The summed E-state index contributed by atoms with van der Waals surface area (Å²) in [6.45, 7) is 0.257. The van der Waals surface area contributed by atoms with E-state index >= 15 is 0 Å². The number of rotatable bonds is 10. The van der Waals surface area contributed by atoms with Crippen LogP contribution in [0.2, 0.25) is 0 Å². The van der Waals surface area contributed by atoms with Crippen LogP contribution in [-0.2, 0) is 26.3 Å². The molecule has 0 saturated carbocycles. The van der Waals surface area contributed by atoms with Gasteiger partial charge in [0, 0.05) is 30.5 Å². The van der Waals surface area contributed by atoms with Crippen LogP contribution in [0.15, 0.2) is 27.0 Å². The van der Waals surface area contributed by atoms with Gasteiger partial charge in [-0.05, 0) is 16.0 Å². The van der Waals surface area contributed by atoms with Gasteiger partial charge in [-0.1, -0.05) is 16.9 Å². The number of aromatic nitrogens is 5. The minimum atomic E-state index is -1.23. The number of thioether (sulfide) groups is 2. The lowest BCUT2D eigenvalue weighted by Gasteiger charge is -2.49. The SMILES string of the molecule is Cl.Cl.Cn1nnnc1SCC1=C(C(=O)O)N2C(=O)C(NC(=O)/C(=N\OCCN)c3csc(N)n3)[C@H]2SC1. The Morgan fingerprint density at radius 3 is 2.76 bits per heavy atom. The van der Waals surface area contributed by atoms with E-state index in [1.54, 1.807) is 7.05 Å².